The summed E-state index contributed by atoms with van der Waals surface area (Å²) < 4.78 is 5.84. The van der Waals surface area contributed by atoms with E-state index in [-0.39, 0.29) is 6.04 Å². The van der Waals surface area contributed by atoms with E-state index in [0.717, 1.165) is 24.2 Å². The molecule has 0 radical (unpaired) electrons. The van der Waals surface area contributed by atoms with Crippen molar-refractivity contribution in [1.82, 2.24) is 4.90 Å². The van der Waals surface area contributed by atoms with Gasteiger partial charge in [-0.2, -0.15) is 0 Å². The maximum absolute atomic E-state index is 11.7. The Labute approximate surface area is 136 Å². The molecule has 1 saturated heterocycles. The molecular weight excluding hydrogens is 290 g/mol. The lowest BCUT2D eigenvalue weighted by Crippen LogP contribution is -2.43. The summed E-state index contributed by atoms with van der Waals surface area (Å²) in [5, 5.41) is 9.63. The van der Waals surface area contributed by atoms with Gasteiger partial charge in [-0.1, -0.05) is 31.0 Å². The maximum atomic E-state index is 11.7. The average molecular weight is 313 g/mol. The predicted molar refractivity (Wildman–Crippen MR) is 88.4 cm³/mol. The van der Waals surface area contributed by atoms with Crippen LogP contribution in [-0.2, 0) is 4.79 Å². The average Bonchev–Trinajstić information content (AvgIpc) is 2.94. The van der Waals surface area contributed by atoms with Crippen molar-refractivity contribution in [2.24, 2.45) is 5.92 Å². The van der Waals surface area contributed by atoms with Crippen LogP contribution in [-0.4, -0.2) is 41.2 Å². The number of benzene rings is 1. The number of hydrogen-bond acceptors (Lipinski definition) is 3. The van der Waals surface area contributed by atoms with E-state index in [0.29, 0.717) is 25.1 Å². The second kappa shape index (κ2) is 6.00. The lowest BCUT2D eigenvalue weighted by atomic mass is 9.84. The van der Waals surface area contributed by atoms with E-state index in [1.807, 2.05) is 18.2 Å². The zero-order valence-electron chi connectivity index (χ0n) is 13.3. The minimum Gasteiger partial charge on any atom is -0.489 e. The second-order valence-electron chi connectivity index (χ2n) is 7.00. The van der Waals surface area contributed by atoms with Gasteiger partial charge in [-0.15, -0.1) is 0 Å². The summed E-state index contributed by atoms with van der Waals surface area (Å²) in [6.45, 7) is 1.28. The number of fused-ring (bicyclic) bond motifs is 2. The van der Waals surface area contributed by atoms with Crippen molar-refractivity contribution >= 4 is 12.0 Å². The highest BCUT2D eigenvalue weighted by atomic mass is 16.5. The van der Waals surface area contributed by atoms with Crippen molar-refractivity contribution < 1.29 is 14.6 Å². The van der Waals surface area contributed by atoms with Crippen molar-refractivity contribution in [1.29, 1.82) is 0 Å². The highest BCUT2D eigenvalue weighted by Crippen LogP contribution is 2.40. The van der Waals surface area contributed by atoms with Crippen molar-refractivity contribution in [3.05, 3.63) is 35.4 Å². The van der Waals surface area contributed by atoms with Crippen LogP contribution in [0.25, 0.3) is 6.08 Å². The number of carbonyl (C=O) groups is 1. The van der Waals surface area contributed by atoms with Gasteiger partial charge in [-0.3, -0.25) is 9.69 Å². The Hall–Kier alpha value is -1.81. The van der Waals surface area contributed by atoms with E-state index < -0.39 is 5.97 Å². The normalized spacial score (nSPS) is 30.1. The molecule has 0 bridgehead atoms. The molecule has 3 atom stereocenters. The Balaban J connectivity index is 1.57. The van der Waals surface area contributed by atoms with Gasteiger partial charge in [-0.25, -0.2) is 0 Å². The summed E-state index contributed by atoms with van der Waals surface area (Å²) in [6.07, 6.45) is 7.78. The fourth-order valence-corrected chi connectivity index (χ4v) is 4.51. The van der Waals surface area contributed by atoms with Gasteiger partial charge in [-0.05, 0) is 42.9 Å². The number of rotatable bonds is 3. The van der Waals surface area contributed by atoms with Crippen LogP contribution in [0, 0.1) is 5.92 Å². The summed E-state index contributed by atoms with van der Waals surface area (Å²) in [7, 11) is 0. The number of carboxylic acid groups (broad SMARTS) is 1. The summed E-state index contributed by atoms with van der Waals surface area (Å²) in [4.78, 5) is 13.9. The number of likely N-dealkylation sites (tertiary alicyclic amines) is 1. The van der Waals surface area contributed by atoms with Crippen LogP contribution >= 0.6 is 0 Å². The minimum atomic E-state index is -0.669. The predicted octanol–water partition coefficient (Wildman–Crippen LogP) is 3.18. The molecule has 3 aliphatic rings. The smallest absolute Gasteiger partial charge is 0.320 e. The molecule has 1 aromatic rings. The van der Waals surface area contributed by atoms with E-state index in [2.05, 4.69) is 17.0 Å². The Morgan fingerprint density at radius 1 is 1.26 bits per heavy atom. The number of hydrogen-bond donors (Lipinski definition) is 1. The molecular formula is C19H23NO3. The van der Waals surface area contributed by atoms with Crippen LogP contribution < -0.4 is 4.74 Å². The summed E-state index contributed by atoms with van der Waals surface area (Å²) in [6, 6.07) is 8.12. The van der Waals surface area contributed by atoms with Gasteiger partial charge in [0.25, 0.3) is 0 Å². The lowest BCUT2D eigenvalue weighted by molar-refractivity contribution is -0.142. The van der Waals surface area contributed by atoms with Gasteiger partial charge >= 0.3 is 5.97 Å². The monoisotopic (exact) mass is 313 g/mol. The molecule has 1 aromatic carbocycles. The minimum absolute atomic E-state index is 0.332. The van der Waals surface area contributed by atoms with Crippen molar-refractivity contribution in [3.63, 3.8) is 0 Å². The maximum Gasteiger partial charge on any atom is 0.320 e. The van der Waals surface area contributed by atoms with Crippen molar-refractivity contribution in [2.45, 2.75) is 44.2 Å². The van der Waals surface area contributed by atoms with Crippen molar-refractivity contribution in [2.75, 3.05) is 13.2 Å². The van der Waals surface area contributed by atoms with Gasteiger partial charge in [0, 0.05) is 18.2 Å². The molecule has 23 heavy (non-hydrogen) atoms. The fraction of sp³-hybridized carbons (Fsp3) is 0.526. The van der Waals surface area contributed by atoms with Gasteiger partial charge in [0.1, 0.15) is 18.4 Å². The van der Waals surface area contributed by atoms with E-state index in [9.17, 15) is 9.90 Å². The molecule has 2 fully saturated rings. The Morgan fingerprint density at radius 3 is 2.96 bits per heavy atom. The zero-order valence-corrected chi connectivity index (χ0v) is 13.3. The zero-order chi connectivity index (χ0) is 15.8. The third-order valence-corrected chi connectivity index (χ3v) is 5.58. The van der Waals surface area contributed by atoms with E-state index in [4.69, 9.17) is 4.74 Å². The van der Waals surface area contributed by atoms with Gasteiger partial charge in [0.15, 0.2) is 0 Å². The van der Waals surface area contributed by atoms with Crippen LogP contribution in [0.5, 0.6) is 5.75 Å². The first-order valence-electron chi connectivity index (χ1n) is 8.62. The molecule has 0 aromatic heterocycles. The summed E-state index contributed by atoms with van der Waals surface area (Å²) in [5.74, 6) is 0.808. The lowest BCUT2D eigenvalue weighted by Gasteiger charge is -2.34. The molecule has 1 aliphatic carbocycles. The highest BCUT2D eigenvalue weighted by molar-refractivity contribution is 5.74. The molecule has 2 heterocycles. The van der Waals surface area contributed by atoms with Crippen LogP contribution in [0.3, 0.4) is 0 Å². The quantitative estimate of drug-likeness (QED) is 0.931. The largest absolute Gasteiger partial charge is 0.489 e. The Morgan fingerprint density at radius 2 is 2.09 bits per heavy atom. The van der Waals surface area contributed by atoms with E-state index in [1.165, 1.54) is 24.8 Å². The molecule has 1 N–H and O–H groups in total. The molecule has 1 saturated carbocycles. The van der Waals surface area contributed by atoms with E-state index in [1.54, 1.807) is 0 Å². The summed E-state index contributed by atoms with van der Waals surface area (Å²) >= 11 is 0. The topological polar surface area (TPSA) is 49.8 Å². The van der Waals surface area contributed by atoms with Gasteiger partial charge in [0.2, 0.25) is 0 Å². The molecule has 0 spiro atoms. The van der Waals surface area contributed by atoms with Gasteiger partial charge in [0.05, 0.1) is 0 Å². The van der Waals surface area contributed by atoms with Crippen molar-refractivity contribution in [3.8, 4) is 5.75 Å². The molecule has 4 rings (SSSR count). The first-order chi connectivity index (χ1) is 11.2. The first-order valence-corrected chi connectivity index (χ1v) is 8.62. The standard InChI is InChI=1S/C19H23NO3/c21-19(22)17-10-14-5-1-3-7-16(14)20(17)11-13-9-15-6-2-4-8-18(15)23-12-13/h2,4,6,8-9,14,16-17H,1,3,5,7,10-12H2,(H,21,22). The van der Waals surface area contributed by atoms with Crippen LogP contribution in [0.15, 0.2) is 29.8 Å². The van der Waals surface area contributed by atoms with Crippen LogP contribution in [0.1, 0.15) is 37.7 Å². The molecule has 2 aliphatic heterocycles. The number of aliphatic carboxylic acids is 1. The van der Waals surface area contributed by atoms with Crippen LogP contribution in [0.2, 0.25) is 0 Å². The van der Waals surface area contributed by atoms with Crippen LogP contribution in [0.4, 0.5) is 0 Å². The van der Waals surface area contributed by atoms with Gasteiger partial charge < -0.3 is 9.84 Å². The Bertz CT molecular complexity index is 639. The van der Waals surface area contributed by atoms with E-state index >= 15 is 0 Å². The third-order valence-electron chi connectivity index (χ3n) is 5.58. The third kappa shape index (κ3) is 2.76. The molecule has 4 nitrogen and oxygen atoms in total. The molecule has 0 amide bonds. The number of carboxylic acids is 1. The SMILES string of the molecule is O=C(O)C1CC2CCCCC2N1CC1=Cc2ccccc2OC1. The summed E-state index contributed by atoms with van der Waals surface area (Å²) in [5.41, 5.74) is 2.28. The Kier molecular flexibility index (Phi) is 3.85. The first kappa shape index (κ1) is 14.8. The number of ether oxygens (including phenoxy) is 1. The number of nitrogens with zero attached hydrogens (tertiary/aromatic N) is 1. The molecule has 4 heteroatoms. The molecule has 3 unspecified atom stereocenters. The second-order valence-corrected chi connectivity index (χ2v) is 7.00. The highest BCUT2D eigenvalue weighted by Gasteiger charge is 2.45. The fourth-order valence-electron chi connectivity index (χ4n) is 4.51. The number of para-hydroxylation sites is 1. The molecule has 122 valence electrons.